The number of rotatable bonds is 3. The highest BCUT2D eigenvalue weighted by Gasteiger charge is 2.20. The number of hydrogen-bond acceptors (Lipinski definition) is 3. The van der Waals surface area contributed by atoms with Crippen LogP contribution in [0.3, 0.4) is 0 Å². The number of carbonyl (C=O) groups is 1. The molecule has 0 spiro atoms. The Kier molecular flexibility index (Phi) is 5.19. The molecule has 0 aliphatic rings. The van der Waals surface area contributed by atoms with Gasteiger partial charge in [-0.05, 0) is 53.9 Å². The third-order valence-corrected chi connectivity index (χ3v) is 3.68. The second kappa shape index (κ2) is 7.11. The average Bonchev–Trinajstić information content (AvgIpc) is 2.96. The van der Waals surface area contributed by atoms with Crippen LogP contribution in [0.5, 0.6) is 5.75 Å². The zero-order valence-corrected chi connectivity index (χ0v) is 13.5. The molecule has 0 aliphatic carbocycles. The van der Waals surface area contributed by atoms with Crippen molar-refractivity contribution in [3.8, 4) is 5.75 Å². The predicted octanol–water partition coefficient (Wildman–Crippen LogP) is 3.61. The number of phenolic OH excluding ortho intramolecular Hbond substituents is 1. The molecule has 3 aromatic rings. The maximum Gasteiger partial charge on any atom is 0.210 e. The van der Waals surface area contributed by atoms with Gasteiger partial charge in [-0.15, -0.1) is 0 Å². The standard InChI is InChI=1S/C18H17NO2.CH4O/c1-12(2)16-11-14-5-3-4-10-19(14)17(16)18(21)13-6-8-15(20)9-7-13;1-2/h3-12,20H,1-2H3;2H,1H3. The predicted molar refractivity (Wildman–Crippen MR) is 91.2 cm³/mol. The Morgan fingerprint density at radius 2 is 1.70 bits per heavy atom. The molecule has 2 aromatic heterocycles. The van der Waals surface area contributed by atoms with E-state index in [9.17, 15) is 9.90 Å². The van der Waals surface area contributed by atoms with Crippen LogP contribution in [-0.4, -0.2) is 27.5 Å². The van der Waals surface area contributed by atoms with Crippen LogP contribution in [0, 0.1) is 0 Å². The summed E-state index contributed by atoms with van der Waals surface area (Å²) in [7, 11) is 1.00. The molecule has 0 fully saturated rings. The van der Waals surface area contributed by atoms with Crippen LogP contribution in [0.25, 0.3) is 5.52 Å². The van der Waals surface area contributed by atoms with Crippen molar-refractivity contribution in [3.63, 3.8) is 0 Å². The fourth-order valence-corrected chi connectivity index (χ4v) is 2.57. The molecule has 0 bridgehead atoms. The maximum absolute atomic E-state index is 12.9. The number of aliphatic hydroxyl groups excluding tert-OH is 1. The number of fused-ring (bicyclic) bond motifs is 1. The fourth-order valence-electron chi connectivity index (χ4n) is 2.57. The molecular formula is C19H21NO3. The van der Waals surface area contributed by atoms with Crippen LogP contribution in [0.2, 0.25) is 0 Å². The first-order valence-corrected chi connectivity index (χ1v) is 7.46. The molecule has 23 heavy (non-hydrogen) atoms. The Morgan fingerprint density at radius 3 is 2.30 bits per heavy atom. The average molecular weight is 311 g/mol. The molecule has 0 amide bonds. The van der Waals surface area contributed by atoms with Crippen molar-refractivity contribution < 1.29 is 15.0 Å². The zero-order chi connectivity index (χ0) is 17.0. The Morgan fingerprint density at radius 1 is 1.04 bits per heavy atom. The third kappa shape index (κ3) is 3.27. The van der Waals surface area contributed by atoms with Gasteiger partial charge in [0, 0.05) is 24.4 Å². The van der Waals surface area contributed by atoms with Crippen LogP contribution in [-0.2, 0) is 0 Å². The second-order valence-electron chi connectivity index (χ2n) is 5.47. The lowest BCUT2D eigenvalue weighted by Crippen LogP contribution is -2.08. The molecule has 120 valence electrons. The molecule has 4 nitrogen and oxygen atoms in total. The number of pyridine rings is 1. The molecule has 0 atom stereocenters. The summed E-state index contributed by atoms with van der Waals surface area (Å²) in [6, 6.07) is 14.3. The molecule has 0 radical (unpaired) electrons. The van der Waals surface area contributed by atoms with Gasteiger partial charge in [-0.1, -0.05) is 19.9 Å². The number of phenols is 1. The van der Waals surface area contributed by atoms with E-state index in [1.54, 1.807) is 12.1 Å². The molecule has 0 saturated heterocycles. The van der Waals surface area contributed by atoms with Crippen molar-refractivity contribution in [2.24, 2.45) is 0 Å². The fraction of sp³-hybridized carbons (Fsp3) is 0.211. The summed E-state index contributed by atoms with van der Waals surface area (Å²) in [5.74, 6) is 0.404. The van der Waals surface area contributed by atoms with Crippen molar-refractivity contribution >= 4 is 11.3 Å². The summed E-state index contributed by atoms with van der Waals surface area (Å²) >= 11 is 0. The van der Waals surface area contributed by atoms with E-state index in [1.807, 2.05) is 28.8 Å². The number of aromatic nitrogens is 1. The van der Waals surface area contributed by atoms with Gasteiger partial charge in [0.1, 0.15) is 5.75 Å². The maximum atomic E-state index is 12.9. The summed E-state index contributed by atoms with van der Waals surface area (Å²) in [5.41, 5.74) is 3.34. The smallest absolute Gasteiger partial charge is 0.210 e. The molecule has 0 aliphatic heterocycles. The minimum atomic E-state index is -0.0232. The van der Waals surface area contributed by atoms with E-state index in [4.69, 9.17) is 5.11 Å². The van der Waals surface area contributed by atoms with Crippen LogP contribution in [0.15, 0.2) is 54.7 Å². The number of aromatic hydroxyl groups is 1. The number of carbonyl (C=O) groups excluding carboxylic acids is 1. The SMILES string of the molecule is CC(C)c1cc2ccccn2c1C(=O)c1ccc(O)cc1.CO. The van der Waals surface area contributed by atoms with E-state index >= 15 is 0 Å². The van der Waals surface area contributed by atoms with Crippen LogP contribution in [0.4, 0.5) is 0 Å². The largest absolute Gasteiger partial charge is 0.508 e. The lowest BCUT2D eigenvalue weighted by Gasteiger charge is -2.08. The van der Waals surface area contributed by atoms with Gasteiger partial charge in [0.15, 0.2) is 0 Å². The number of hydrogen-bond donors (Lipinski definition) is 2. The summed E-state index contributed by atoms with van der Waals surface area (Å²) in [6.07, 6.45) is 1.91. The molecule has 2 heterocycles. The van der Waals surface area contributed by atoms with E-state index in [0.29, 0.717) is 11.3 Å². The second-order valence-corrected chi connectivity index (χ2v) is 5.47. The highest BCUT2D eigenvalue weighted by atomic mass is 16.3. The summed E-state index contributed by atoms with van der Waals surface area (Å²) in [4.78, 5) is 12.9. The highest BCUT2D eigenvalue weighted by molar-refractivity contribution is 6.09. The topological polar surface area (TPSA) is 61.9 Å². The Labute approximate surface area is 135 Å². The van der Waals surface area contributed by atoms with Crippen LogP contribution in [0.1, 0.15) is 41.4 Å². The number of ketones is 1. The monoisotopic (exact) mass is 311 g/mol. The first kappa shape index (κ1) is 16.8. The van der Waals surface area contributed by atoms with E-state index in [0.717, 1.165) is 18.2 Å². The van der Waals surface area contributed by atoms with Gasteiger partial charge in [-0.2, -0.15) is 0 Å². The number of aliphatic hydroxyl groups is 1. The van der Waals surface area contributed by atoms with Crippen LogP contribution >= 0.6 is 0 Å². The van der Waals surface area contributed by atoms with Gasteiger partial charge < -0.3 is 14.6 Å². The summed E-state index contributed by atoms with van der Waals surface area (Å²) < 4.78 is 1.94. The number of benzene rings is 1. The molecular weight excluding hydrogens is 290 g/mol. The molecule has 2 N–H and O–H groups in total. The van der Waals surface area contributed by atoms with Gasteiger partial charge in [0.2, 0.25) is 5.78 Å². The van der Waals surface area contributed by atoms with Gasteiger partial charge in [0.05, 0.1) is 5.69 Å². The lowest BCUT2D eigenvalue weighted by atomic mass is 9.98. The quantitative estimate of drug-likeness (QED) is 0.726. The Bertz CT molecular complexity index is 801. The first-order valence-electron chi connectivity index (χ1n) is 7.46. The van der Waals surface area contributed by atoms with Crippen molar-refractivity contribution in [1.29, 1.82) is 0 Å². The molecule has 0 unspecified atom stereocenters. The Balaban J connectivity index is 0.000000924. The minimum Gasteiger partial charge on any atom is -0.508 e. The van der Waals surface area contributed by atoms with Gasteiger partial charge in [-0.25, -0.2) is 0 Å². The van der Waals surface area contributed by atoms with Gasteiger partial charge >= 0.3 is 0 Å². The van der Waals surface area contributed by atoms with Crippen molar-refractivity contribution in [2.45, 2.75) is 19.8 Å². The molecule has 4 heteroatoms. The minimum absolute atomic E-state index is 0.0232. The van der Waals surface area contributed by atoms with Crippen molar-refractivity contribution in [3.05, 3.63) is 71.5 Å². The van der Waals surface area contributed by atoms with E-state index in [-0.39, 0.29) is 17.5 Å². The lowest BCUT2D eigenvalue weighted by molar-refractivity contribution is 0.103. The summed E-state index contributed by atoms with van der Waals surface area (Å²) in [6.45, 7) is 4.17. The van der Waals surface area contributed by atoms with E-state index < -0.39 is 0 Å². The van der Waals surface area contributed by atoms with Crippen molar-refractivity contribution in [1.82, 2.24) is 4.40 Å². The van der Waals surface area contributed by atoms with E-state index in [1.165, 1.54) is 12.1 Å². The van der Waals surface area contributed by atoms with E-state index in [2.05, 4.69) is 19.9 Å². The third-order valence-electron chi connectivity index (χ3n) is 3.68. The normalized spacial score (nSPS) is 10.5. The van der Waals surface area contributed by atoms with Gasteiger partial charge in [-0.3, -0.25) is 4.79 Å². The number of nitrogens with zero attached hydrogens (tertiary/aromatic N) is 1. The first-order chi connectivity index (χ1) is 11.1. The highest BCUT2D eigenvalue weighted by Crippen LogP contribution is 2.26. The molecule has 0 saturated carbocycles. The summed E-state index contributed by atoms with van der Waals surface area (Å²) in [5, 5.41) is 16.4. The van der Waals surface area contributed by atoms with Crippen molar-refractivity contribution in [2.75, 3.05) is 7.11 Å². The zero-order valence-electron chi connectivity index (χ0n) is 13.5. The van der Waals surface area contributed by atoms with Gasteiger partial charge in [0.25, 0.3) is 0 Å². The Hall–Kier alpha value is -2.59. The van der Waals surface area contributed by atoms with Crippen LogP contribution < -0.4 is 0 Å². The molecule has 1 aromatic carbocycles. The molecule has 3 rings (SSSR count).